The monoisotopic (exact) mass is 298 g/mol. The van der Waals surface area contributed by atoms with Gasteiger partial charge < -0.3 is 10.2 Å². The maximum Gasteiger partial charge on any atom is 0.222 e. The predicted octanol–water partition coefficient (Wildman–Crippen LogP) is 2.76. The van der Waals surface area contributed by atoms with E-state index in [1.807, 2.05) is 11.8 Å². The van der Waals surface area contributed by atoms with Gasteiger partial charge in [0.2, 0.25) is 5.91 Å². The van der Waals surface area contributed by atoms with E-state index in [9.17, 15) is 4.79 Å². The van der Waals surface area contributed by atoms with Crippen LogP contribution >= 0.6 is 11.8 Å². The second-order valence-corrected chi connectivity index (χ2v) is 7.97. The number of amides is 1. The highest BCUT2D eigenvalue weighted by Gasteiger charge is 2.25. The molecular weight excluding hydrogens is 268 g/mol. The van der Waals surface area contributed by atoms with Crippen molar-refractivity contribution in [2.75, 3.05) is 31.1 Å². The zero-order valence-electron chi connectivity index (χ0n) is 13.1. The van der Waals surface area contributed by atoms with Crippen LogP contribution in [0.15, 0.2) is 0 Å². The molecule has 2 rings (SSSR count). The van der Waals surface area contributed by atoms with E-state index in [2.05, 4.69) is 24.1 Å². The lowest BCUT2D eigenvalue weighted by Gasteiger charge is -2.30. The number of thioether (sulfide) groups is 1. The first kappa shape index (κ1) is 16.2. The molecule has 116 valence electrons. The summed E-state index contributed by atoms with van der Waals surface area (Å²) in [5, 5.41) is 3.52. The van der Waals surface area contributed by atoms with Crippen molar-refractivity contribution in [3.8, 4) is 0 Å². The Morgan fingerprint density at radius 1 is 1.30 bits per heavy atom. The average Bonchev–Trinajstić information content (AvgIpc) is 2.91. The maximum absolute atomic E-state index is 12.6. The van der Waals surface area contributed by atoms with Crippen LogP contribution in [0, 0.1) is 11.8 Å². The van der Waals surface area contributed by atoms with Gasteiger partial charge in [-0.15, -0.1) is 0 Å². The molecule has 0 radical (unpaired) electrons. The molecule has 3 nitrogen and oxygen atoms in total. The molecular formula is C16H30N2OS. The van der Waals surface area contributed by atoms with Crippen molar-refractivity contribution in [1.29, 1.82) is 0 Å². The van der Waals surface area contributed by atoms with E-state index >= 15 is 0 Å². The van der Waals surface area contributed by atoms with Gasteiger partial charge in [-0.1, -0.05) is 13.8 Å². The summed E-state index contributed by atoms with van der Waals surface area (Å²) in [5.74, 6) is 4.07. The Morgan fingerprint density at radius 3 is 2.65 bits per heavy atom. The quantitative estimate of drug-likeness (QED) is 0.818. The van der Waals surface area contributed by atoms with Crippen LogP contribution in [-0.4, -0.2) is 48.0 Å². The largest absolute Gasteiger partial charge is 0.341 e. The van der Waals surface area contributed by atoms with Gasteiger partial charge in [-0.2, -0.15) is 11.8 Å². The van der Waals surface area contributed by atoms with Gasteiger partial charge in [-0.05, 0) is 55.6 Å². The molecule has 1 N–H and O–H groups in total. The molecule has 2 saturated heterocycles. The number of carbonyl (C=O) groups is 1. The summed E-state index contributed by atoms with van der Waals surface area (Å²) in [5.41, 5.74) is 0. The van der Waals surface area contributed by atoms with Crippen molar-refractivity contribution in [3.63, 3.8) is 0 Å². The highest BCUT2D eigenvalue weighted by atomic mass is 32.2. The average molecular weight is 298 g/mol. The Hall–Kier alpha value is -0.220. The van der Waals surface area contributed by atoms with E-state index < -0.39 is 0 Å². The number of nitrogens with one attached hydrogen (secondary N) is 1. The molecule has 0 aliphatic carbocycles. The molecule has 0 spiro atoms. The molecule has 20 heavy (non-hydrogen) atoms. The number of carbonyl (C=O) groups excluding carboxylic acids is 1. The molecule has 0 aromatic rings. The number of hydrogen-bond donors (Lipinski definition) is 1. The molecule has 0 aromatic heterocycles. The number of rotatable bonds is 6. The summed E-state index contributed by atoms with van der Waals surface area (Å²) in [7, 11) is 0. The van der Waals surface area contributed by atoms with E-state index in [-0.39, 0.29) is 0 Å². The first-order chi connectivity index (χ1) is 9.65. The molecule has 0 bridgehead atoms. The van der Waals surface area contributed by atoms with Crippen LogP contribution in [-0.2, 0) is 4.79 Å². The fourth-order valence-electron chi connectivity index (χ4n) is 3.22. The van der Waals surface area contributed by atoms with Gasteiger partial charge >= 0.3 is 0 Å². The Balaban J connectivity index is 1.84. The van der Waals surface area contributed by atoms with Crippen LogP contribution in [0.5, 0.6) is 0 Å². The number of hydrogen-bond acceptors (Lipinski definition) is 3. The Labute approximate surface area is 128 Å². The lowest BCUT2D eigenvalue weighted by atomic mass is 9.97. The van der Waals surface area contributed by atoms with Crippen LogP contribution in [0.2, 0.25) is 0 Å². The summed E-state index contributed by atoms with van der Waals surface area (Å²) in [4.78, 5) is 14.8. The van der Waals surface area contributed by atoms with E-state index in [1.54, 1.807) is 0 Å². The molecule has 2 heterocycles. The summed E-state index contributed by atoms with van der Waals surface area (Å²) < 4.78 is 0. The maximum atomic E-state index is 12.6. The van der Waals surface area contributed by atoms with Gasteiger partial charge in [0.25, 0.3) is 0 Å². The Bertz CT molecular complexity index is 297. The van der Waals surface area contributed by atoms with Crippen molar-refractivity contribution in [1.82, 2.24) is 10.2 Å². The van der Waals surface area contributed by atoms with Crippen LogP contribution < -0.4 is 5.32 Å². The van der Waals surface area contributed by atoms with Crippen molar-refractivity contribution < 1.29 is 4.79 Å². The Morgan fingerprint density at radius 2 is 2.05 bits per heavy atom. The topological polar surface area (TPSA) is 32.3 Å². The summed E-state index contributed by atoms with van der Waals surface area (Å²) in [6.07, 6.45) is 5.72. The third kappa shape index (κ3) is 5.28. The minimum absolute atomic E-state index is 0.393. The third-order valence-electron chi connectivity index (χ3n) is 4.35. The molecule has 1 unspecified atom stereocenters. The van der Waals surface area contributed by atoms with Crippen molar-refractivity contribution >= 4 is 17.7 Å². The Kier molecular flexibility index (Phi) is 6.69. The normalized spacial score (nSPS) is 24.2. The van der Waals surface area contributed by atoms with Gasteiger partial charge in [-0.25, -0.2) is 0 Å². The van der Waals surface area contributed by atoms with Gasteiger partial charge in [0.15, 0.2) is 0 Å². The second kappa shape index (κ2) is 8.28. The van der Waals surface area contributed by atoms with Crippen LogP contribution in [0.1, 0.15) is 46.0 Å². The highest BCUT2D eigenvalue weighted by molar-refractivity contribution is 7.99. The summed E-state index contributed by atoms with van der Waals surface area (Å²) >= 11 is 2.04. The van der Waals surface area contributed by atoms with E-state index in [1.165, 1.54) is 37.2 Å². The standard InChI is InChI=1S/C16H30N2OS/c1-13(2)11-18(12-15-4-3-7-17-15)16(19)10-14-5-8-20-9-6-14/h13-15,17H,3-12H2,1-2H3. The molecule has 1 amide bonds. The van der Waals surface area contributed by atoms with Crippen LogP contribution in [0.3, 0.4) is 0 Å². The van der Waals surface area contributed by atoms with Crippen molar-refractivity contribution in [2.45, 2.75) is 52.0 Å². The summed E-state index contributed by atoms with van der Waals surface area (Å²) in [6, 6.07) is 0.527. The van der Waals surface area contributed by atoms with Crippen molar-refractivity contribution in [3.05, 3.63) is 0 Å². The molecule has 2 aliphatic rings. The third-order valence-corrected chi connectivity index (χ3v) is 5.39. The molecule has 0 saturated carbocycles. The molecule has 1 atom stereocenters. The van der Waals surface area contributed by atoms with Crippen LogP contribution in [0.4, 0.5) is 0 Å². The lowest BCUT2D eigenvalue weighted by Crippen LogP contribution is -2.43. The molecule has 4 heteroatoms. The molecule has 2 aliphatic heterocycles. The van der Waals surface area contributed by atoms with Gasteiger partial charge in [-0.3, -0.25) is 4.79 Å². The number of nitrogens with zero attached hydrogens (tertiary/aromatic N) is 1. The fraction of sp³-hybridized carbons (Fsp3) is 0.938. The van der Waals surface area contributed by atoms with E-state index in [4.69, 9.17) is 0 Å². The molecule has 0 aromatic carbocycles. The zero-order valence-corrected chi connectivity index (χ0v) is 13.9. The second-order valence-electron chi connectivity index (χ2n) is 6.75. The van der Waals surface area contributed by atoms with Crippen LogP contribution in [0.25, 0.3) is 0 Å². The predicted molar refractivity (Wildman–Crippen MR) is 87.1 cm³/mol. The molecule has 2 fully saturated rings. The van der Waals surface area contributed by atoms with E-state index in [0.29, 0.717) is 23.8 Å². The lowest BCUT2D eigenvalue weighted by molar-refractivity contribution is -0.133. The summed E-state index contributed by atoms with van der Waals surface area (Å²) in [6.45, 7) is 7.37. The zero-order chi connectivity index (χ0) is 14.4. The van der Waals surface area contributed by atoms with Gasteiger partial charge in [0.1, 0.15) is 0 Å². The van der Waals surface area contributed by atoms with Gasteiger partial charge in [0.05, 0.1) is 0 Å². The minimum atomic E-state index is 0.393. The fourth-order valence-corrected chi connectivity index (χ4v) is 4.43. The first-order valence-corrected chi connectivity index (χ1v) is 9.39. The smallest absolute Gasteiger partial charge is 0.222 e. The van der Waals surface area contributed by atoms with E-state index in [0.717, 1.165) is 26.1 Å². The van der Waals surface area contributed by atoms with Gasteiger partial charge in [0, 0.05) is 25.6 Å². The first-order valence-electron chi connectivity index (χ1n) is 8.24. The minimum Gasteiger partial charge on any atom is -0.341 e. The highest BCUT2D eigenvalue weighted by Crippen LogP contribution is 2.26. The SMILES string of the molecule is CC(C)CN(CC1CCCN1)C(=O)CC1CCSCC1. The van der Waals surface area contributed by atoms with Crippen molar-refractivity contribution in [2.24, 2.45) is 11.8 Å².